The van der Waals surface area contributed by atoms with E-state index < -0.39 is 17.4 Å². The summed E-state index contributed by atoms with van der Waals surface area (Å²) in [6, 6.07) is 5.15. The van der Waals surface area contributed by atoms with Crippen molar-refractivity contribution in [2.75, 3.05) is 32.8 Å². The van der Waals surface area contributed by atoms with Crippen LogP contribution in [0.1, 0.15) is 49.7 Å². The molecular formula is C27H33N3O7. The van der Waals surface area contributed by atoms with Crippen LogP contribution in [0.25, 0.3) is 11.0 Å². The van der Waals surface area contributed by atoms with Crippen LogP contribution in [0, 0.1) is 5.92 Å². The van der Waals surface area contributed by atoms with Crippen molar-refractivity contribution in [3.63, 3.8) is 0 Å². The number of likely N-dealkylation sites (tertiary alicyclic amines) is 1. The van der Waals surface area contributed by atoms with Crippen molar-refractivity contribution in [2.24, 2.45) is 5.92 Å². The van der Waals surface area contributed by atoms with Crippen LogP contribution in [0.3, 0.4) is 0 Å². The van der Waals surface area contributed by atoms with Gasteiger partial charge in [0.05, 0.1) is 18.7 Å². The number of aliphatic hydroxyl groups is 1. The van der Waals surface area contributed by atoms with E-state index in [1.165, 1.54) is 0 Å². The van der Waals surface area contributed by atoms with Crippen molar-refractivity contribution in [2.45, 2.75) is 57.0 Å². The van der Waals surface area contributed by atoms with Gasteiger partial charge < -0.3 is 29.8 Å². The third-order valence-electron chi connectivity index (χ3n) is 7.98. The molecule has 3 N–H and O–H groups in total. The van der Waals surface area contributed by atoms with Crippen molar-refractivity contribution in [1.29, 1.82) is 0 Å². The number of fused-ring (bicyclic) bond motifs is 4. The fraction of sp³-hybridized carbons (Fsp3) is 0.556. The number of hydrogen-bond donors (Lipinski definition) is 3. The first-order chi connectivity index (χ1) is 17.8. The van der Waals surface area contributed by atoms with Gasteiger partial charge in [0.2, 0.25) is 11.8 Å². The standard InChI is InChI=1S/C27H33N3O7/c31-23(29-14-25(33)30-11-10-27(35)9-2-1-4-17(27)15-30)13-28-24(32)16-36-18-7-8-20-19-5-3-6-21(19)26(34)37-22(20)12-18/h7-8,12,17,35H,1-6,9-11,13-16H2,(H,28,32)(H,29,31)/t17-,27+/m0/s1. The number of aryl methyl sites for hydroxylation is 1. The Labute approximate surface area is 214 Å². The summed E-state index contributed by atoms with van der Waals surface area (Å²) < 4.78 is 10.9. The van der Waals surface area contributed by atoms with Crippen molar-refractivity contribution < 1.29 is 28.6 Å². The number of nitrogens with zero attached hydrogens (tertiary/aromatic N) is 1. The third-order valence-corrected chi connectivity index (χ3v) is 7.98. The van der Waals surface area contributed by atoms with Crippen molar-refractivity contribution in [3.8, 4) is 5.75 Å². The fourth-order valence-corrected chi connectivity index (χ4v) is 5.88. The highest BCUT2D eigenvalue weighted by atomic mass is 16.5. The maximum absolute atomic E-state index is 12.6. The Hall–Kier alpha value is -3.40. The van der Waals surface area contributed by atoms with E-state index in [1.54, 1.807) is 17.0 Å². The van der Waals surface area contributed by atoms with Gasteiger partial charge in [0.1, 0.15) is 11.3 Å². The maximum atomic E-state index is 12.6. The van der Waals surface area contributed by atoms with E-state index in [0.717, 1.165) is 61.5 Å². The van der Waals surface area contributed by atoms with Gasteiger partial charge in [-0.1, -0.05) is 12.8 Å². The molecule has 2 atom stereocenters. The molecule has 5 rings (SSSR count). The predicted octanol–water partition coefficient (Wildman–Crippen LogP) is 1.05. The quantitative estimate of drug-likeness (QED) is 0.472. The lowest BCUT2D eigenvalue weighted by molar-refractivity contribution is -0.143. The summed E-state index contributed by atoms with van der Waals surface area (Å²) in [5, 5.41) is 16.7. The van der Waals surface area contributed by atoms with E-state index in [-0.39, 0.29) is 37.1 Å². The second kappa shape index (κ2) is 10.5. The van der Waals surface area contributed by atoms with Gasteiger partial charge in [-0.15, -0.1) is 0 Å². The number of carbonyl (C=O) groups excluding carboxylic acids is 3. The van der Waals surface area contributed by atoms with Crippen LogP contribution >= 0.6 is 0 Å². The summed E-state index contributed by atoms with van der Waals surface area (Å²) in [4.78, 5) is 50.7. The molecule has 1 aromatic carbocycles. The van der Waals surface area contributed by atoms with E-state index in [4.69, 9.17) is 9.15 Å². The molecule has 10 nitrogen and oxygen atoms in total. The third kappa shape index (κ3) is 5.49. The lowest BCUT2D eigenvalue weighted by Gasteiger charge is -2.47. The molecule has 1 aromatic heterocycles. The summed E-state index contributed by atoms with van der Waals surface area (Å²) in [5.41, 5.74) is 1.21. The molecule has 37 heavy (non-hydrogen) atoms. The van der Waals surface area contributed by atoms with Crippen LogP contribution in [0.15, 0.2) is 27.4 Å². The van der Waals surface area contributed by atoms with Gasteiger partial charge in [-0.05, 0) is 56.2 Å². The highest BCUT2D eigenvalue weighted by Crippen LogP contribution is 2.39. The van der Waals surface area contributed by atoms with Crippen LogP contribution in [0.5, 0.6) is 5.75 Å². The Morgan fingerprint density at radius 2 is 1.86 bits per heavy atom. The van der Waals surface area contributed by atoms with E-state index in [1.807, 2.05) is 6.07 Å². The molecule has 3 aliphatic rings. The molecule has 0 radical (unpaired) electrons. The second-order valence-electron chi connectivity index (χ2n) is 10.3. The first-order valence-corrected chi connectivity index (χ1v) is 13.1. The minimum atomic E-state index is -0.661. The molecule has 2 aromatic rings. The van der Waals surface area contributed by atoms with Crippen molar-refractivity contribution in [1.82, 2.24) is 15.5 Å². The maximum Gasteiger partial charge on any atom is 0.339 e. The first kappa shape index (κ1) is 25.3. The minimum absolute atomic E-state index is 0.0911. The zero-order valence-electron chi connectivity index (χ0n) is 20.8. The summed E-state index contributed by atoms with van der Waals surface area (Å²) in [6.07, 6.45) is 6.87. The highest BCUT2D eigenvalue weighted by Gasteiger charge is 2.43. The zero-order valence-corrected chi connectivity index (χ0v) is 20.8. The second-order valence-corrected chi connectivity index (χ2v) is 10.3. The number of nitrogens with one attached hydrogen (secondary N) is 2. The number of hydrogen-bond acceptors (Lipinski definition) is 7. The molecule has 0 bridgehead atoms. The summed E-state index contributed by atoms with van der Waals surface area (Å²) in [7, 11) is 0. The number of carbonyl (C=O) groups is 3. The van der Waals surface area contributed by atoms with Crippen LogP contribution < -0.4 is 21.0 Å². The van der Waals surface area contributed by atoms with Crippen LogP contribution in [-0.4, -0.2) is 66.1 Å². The van der Waals surface area contributed by atoms with E-state index in [0.29, 0.717) is 30.8 Å². The smallest absolute Gasteiger partial charge is 0.339 e. The number of rotatable bonds is 7. The molecule has 1 saturated heterocycles. The predicted molar refractivity (Wildman–Crippen MR) is 134 cm³/mol. The molecular weight excluding hydrogens is 478 g/mol. The molecule has 0 spiro atoms. The van der Waals surface area contributed by atoms with E-state index >= 15 is 0 Å². The lowest BCUT2D eigenvalue weighted by atomic mass is 9.71. The zero-order chi connectivity index (χ0) is 26.0. The molecule has 2 aliphatic carbocycles. The molecule has 0 unspecified atom stereocenters. The largest absolute Gasteiger partial charge is 0.484 e. The minimum Gasteiger partial charge on any atom is -0.484 e. The van der Waals surface area contributed by atoms with Gasteiger partial charge in [0.25, 0.3) is 5.91 Å². The SMILES string of the molecule is O=C(CNC(=O)COc1ccc2c3c(c(=O)oc2c1)CCC3)NCC(=O)N1CC[C@]2(O)CCCC[C@H]2C1. The van der Waals surface area contributed by atoms with E-state index in [9.17, 15) is 24.3 Å². The average Bonchev–Trinajstić information content (AvgIpc) is 3.40. The van der Waals surface area contributed by atoms with Gasteiger partial charge in [-0.25, -0.2) is 4.79 Å². The Balaban J connectivity index is 1.04. The van der Waals surface area contributed by atoms with Gasteiger partial charge >= 0.3 is 5.63 Å². The first-order valence-electron chi connectivity index (χ1n) is 13.1. The highest BCUT2D eigenvalue weighted by molar-refractivity contribution is 5.88. The molecule has 2 heterocycles. The normalized spacial score (nSPS) is 22.7. The number of ether oxygens (including phenoxy) is 1. The molecule has 2 fully saturated rings. The van der Waals surface area contributed by atoms with E-state index in [2.05, 4.69) is 10.6 Å². The fourth-order valence-electron chi connectivity index (χ4n) is 5.88. The van der Waals surface area contributed by atoms with Crippen molar-refractivity contribution in [3.05, 3.63) is 39.7 Å². The van der Waals surface area contributed by atoms with Crippen LogP contribution in [0.2, 0.25) is 0 Å². The molecule has 3 amide bonds. The molecule has 1 aliphatic heterocycles. The van der Waals surface area contributed by atoms with Gasteiger partial charge in [0, 0.05) is 36.0 Å². The monoisotopic (exact) mass is 511 g/mol. The van der Waals surface area contributed by atoms with Gasteiger partial charge in [-0.2, -0.15) is 0 Å². The molecule has 10 heteroatoms. The summed E-state index contributed by atoms with van der Waals surface area (Å²) in [6.45, 7) is 0.250. The van der Waals surface area contributed by atoms with Gasteiger partial charge in [0.15, 0.2) is 6.61 Å². The number of amides is 3. The Bertz CT molecular complexity index is 1270. The number of benzene rings is 1. The summed E-state index contributed by atoms with van der Waals surface area (Å²) in [5.74, 6) is -0.693. The number of piperidine rings is 1. The topological polar surface area (TPSA) is 138 Å². The van der Waals surface area contributed by atoms with Gasteiger partial charge in [-0.3, -0.25) is 14.4 Å². The Morgan fingerprint density at radius 3 is 2.73 bits per heavy atom. The van der Waals surface area contributed by atoms with Crippen molar-refractivity contribution >= 4 is 28.7 Å². The lowest BCUT2D eigenvalue weighted by Crippen LogP contribution is -2.56. The Morgan fingerprint density at radius 1 is 1.05 bits per heavy atom. The molecule has 1 saturated carbocycles. The Kier molecular flexibility index (Phi) is 7.19. The average molecular weight is 512 g/mol. The summed E-state index contributed by atoms with van der Waals surface area (Å²) >= 11 is 0. The van der Waals surface area contributed by atoms with Crippen LogP contribution in [-0.2, 0) is 27.2 Å². The molecule has 198 valence electrons. The van der Waals surface area contributed by atoms with Crippen LogP contribution in [0.4, 0.5) is 0 Å².